The molecule has 0 aromatic heterocycles. The van der Waals surface area contributed by atoms with Gasteiger partial charge >= 0.3 is 0 Å². The second kappa shape index (κ2) is 5.61. The summed E-state index contributed by atoms with van der Waals surface area (Å²) >= 11 is 0. The van der Waals surface area contributed by atoms with Gasteiger partial charge < -0.3 is 15.0 Å². The van der Waals surface area contributed by atoms with Crippen LogP contribution in [0.1, 0.15) is 19.3 Å². The fourth-order valence-electron chi connectivity index (χ4n) is 2.52. The van der Waals surface area contributed by atoms with Crippen molar-refractivity contribution in [3.63, 3.8) is 0 Å². The molecule has 19 heavy (non-hydrogen) atoms. The summed E-state index contributed by atoms with van der Waals surface area (Å²) in [7, 11) is 0. The van der Waals surface area contributed by atoms with Gasteiger partial charge in [0.15, 0.2) is 0 Å². The average molecular weight is 260 g/mol. The molecule has 2 aliphatic rings. The van der Waals surface area contributed by atoms with Gasteiger partial charge in [0.1, 0.15) is 0 Å². The van der Waals surface area contributed by atoms with Crippen molar-refractivity contribution in [3.05, 3.63) is 24.3 Å². The van der Waals surface area contributed by atoms with Crippen LogP contribution in [0.15, 0.2) is 24.3 Å². The van der Waals surface area contributed by atoms with Gasteiger partial charge in [-0.25, -0.2) is 0 Å². The molecule has 3 rings (SSSR count). The maximum absolute atomic E-state index is 11.9. The number of amides is 1. The van der Waals surface area contributed by atoms with Gasteiger partial charge in [0.05, 0.1) is 13.2 Å². The van der Waals surface area contributed by atoms with Gasteiger partial charge in [0.2, 0.25) is 5.91 Å². The Labute approximate surface area is 113 Å². The first-order chi connectivity index (χ1) is 9.33. The molecule has 1 aliphatic carbocycles. The van der Waals surface area contributed by atoms with Gasteiger partial charge in [-0.15, -0.1) is 0 Å². The Bertz CT molecular complexity index is 451. The summed E-state index contributed by atoms with van der Waals surface area (Å²) in [5.74, 6) is 0.400. The third-order valence-electron chi connectivity index (χ3n) is 3.97. The Morgan fingerprint density at radius 2 is 2.05 bits per heavy atom. The molecule has 102 valence electrons. The molecule has 1 aromatic rings. The van der Waals surface area contributed by atoms with E-state index in [0.717, 1.165) is 50.5 Å². The van der Waals surface area contributed by atoms with E-state index < -0.39 is 0 Å². The van der Waals surface area contributed by atoms with Gasteiger partial charge in [0, 0.05) is 30.4 Å². The van der Waals surface area contributed by atoms with E-state index in [1.807, 2.05) is 12.1 Å². The third kappa shape index (κ3) is 2.89. The molecule has 0 unspecified atom stereocenters. The molecule has 1 N–H and O–H groups in total. The van der Waals surface area contributed by atoms with Crippen molar-refractivity contribution in [2.24, 2.45) is 5.92 Å². The van der Waals surface area contributed by atoms with Crippen LogP contribution in [0.4, 0.5) is 11.4 Å². The number of benzene rings is 1. The molecule has 0 bridgehead atoms. The minimum Gasteiger partial charge on any atom is -0.378 e. The summed E-state index contributed by atoms with van der Waals surface area (Å²) in [6.45, 7) is 3.39. The fraction of sp³-hybridized carbons (Fsp3) is 0.533. The van der Waals surface area contributed by atoms with Crippen molar-refractivity contribution in [2.45, 2.75) is 19.3 Å². The lowest BCUT2D eigenvalue weighted by Gasteiger charge is -2.29. The van der Waals surface area contributed by atoms with Crippen LogP contribution in [0.3, 0.4) is 0 Å². The number of nitrogens with zero attached hydrogens (tertiary/aromatic N) is 1. The van der Waals surface area contributed by atoms with E-state index in [2.05, 4.69) is 22.3 Å². The van der Waals surface area contributed by atoms with Gasteiger partial charge in [0.25, 0.3) is 0 Å². The smallest absolute Gasteiger partial charge is 0.227 e. The second-order valence-corrected chi connectivity index (χ2v) is 5.27. The Morgan fingerprint density at radius 1 is 1.26 bits per heavy atom. The van der Waals surface area contributed by atoms with Crippen molar-refractivity contribution in [1.29, 1.82) is 0 Å². The molecule has 1 saturated carbocycles. The van der Waals surface area contributed by atoms with Crippen LogP contribution >= 0.6 is 0 Å². The van der Waals surface area contributed by atoms with E-state index in [4.69, 9.17) is 4.74 Å². The maximum atomic E-state index is 11.9. The van der Waals surface area contributed by atoms with Crippen molar-refractivity contribution >= 4 is 17.3 Å². The number of carbonyl (C=O) groups excluding carboxylic acids is 1. The van der Waals surface area contributed by atoms with Crippen LogP contribution in [0.2, 0.25) is 0 Å². The summed E-state index contributed by atoms with van der Waals surface area (Å²) in [5, 5.41) is 3.03. The van der Waals surface area contributed by atoms with Crippen LogP contribution in [0.25, 0.3) is 0 Å². The van der Waals surface area contributed by atoms with E-state index in [1.165, 1.54) is 6.42 Å². The SMILES string of the molecule is O=C(Nc1cccc(N2CCOCC2)c1)C1CCC1. The summed E-state index contributed by atoms with van der Waals surface area (Å²) in [6.07, 6.45) is 3.26. The first kappa shape index (κ1) is 12.5. The molecular formula is C15H20N2O2. The van der Waals surface area contributed by atoms with Crippen LogP contribution < -0.4 is 10.2 Å². The lowest BCUT2D eigenvalue weighted by molar-refractivity contribution is -0.122. The summed E-state index contributed by atoms with van der Waals surface area (Å²) < 4.78 is 5.36. The van der Waals surface area contributed by atoms with Crippen LogP contribution in [0.5, 0.6) is 0 Å². The zero-order valence-electron chi connectivity index (χ0n) is 11.1. The van der Waals surface area contributed by atoms with E-state index >= 15 is 0 Å². The molecule has 4 nitrogen and oxygen atoms in total. The standard InChI is InChI=1S/C15H20N2O2/c18-15(12-3-1-4-12)16-13-5-2-6-14(11-13)17-7-9-19-10-8-17/h2,5-6,11-12H,1,3-4,7-10H2,(H,16,18). The second-order valence-electron chi connectivity index (χ2n) is 5.27. The highest BCUT2D eigenvalue weighted by Crippen LogP contribution is 2.28. The molecule has 0 spiro atoms. The quantitative estimate of drug-likeness (QED) is 0.906. The predicted molar refractivity (Wildman–Crippen MR) is 75.4 cm³/mol. The molecular weight excluding hydrogens is 240 g/mol. The van der Waals surface area contributed by atoms with E-state index in [9.17, 15) is 4.79 Å². The highest BCUT2D eigenvalue weighted by atomic mass is 16.5. The maximum Gasteiger partial charge on any atom is 0.227 e. The molecule has 4 heteroatoms. The highest BCUT2D eigenvalue weighted by Gasteiger charge is 2.25. The number of anilines is 2. The predicted octanol–water partition coefficient (Wildman–Crippen LogP) is 2.26. The number of ether oxygens (including phenoxy) is 1. The normalized spacial score (nSPS) is 19.9. The number of nitrogens with one attached hydrogen (secondary N) is 1. The van der Waals surface area contributed by atoms with Gasteiger partial charge in [-0.1, -0.05) is 12.5 Å². The Morgan fingerprint density at radius 3 is 2.74 bits per heavy atom. The molecule has 2 fully saturated rings. The molecule has 1 saturated heterocycles. The van der Waals surface area contributed by atoms with Crippen LogP contribution in [-0.4, -0.2) is 32.2 Å². The topological polar surface area (TPSA) is 41.6 Å². The fourth-order valence-corrected chi connectivity index (χ4v) is 2.52. The largest absolute Gasteiger partial charge is 0.378 e. The number of rotatable bonds is 3. The molecule has 0 atom stereocenters. The van der Waals surface area contributed by atoms with Crippen molar-refractivity contribution in [3.8, 4) is 0 Å². The van der Waals surface area contributed by atoms with E-state index in [1.54, 1.807) is 0 Å². The summed E-state index contributed by atoms with van der Waals surface area (Å²) in [6, 6.07) is 8.11. The van der Waals surface area contributed by atoms with Crippen molar-refractivity contribution in [2.75, 3.05) is 36.5 Å². The molecule has 1 amide bonds. The monoisotopic (exact) mass is 260 g/mol. The zero-order chi connectivity index (χ0) is 13.1. The summed E-state index contributed by atoms with van der Waals surface area (Å²) in [4.78, 5) is 14.2. The van der Waals surface area contributed by atoms with Crippen molar-refractivity contribution < 1.29 is 9.53 Å². The summed E-state index contributed by atoms with van der Waals surface area (Å²) in [5.41, 5.74) is 2.07. The highest BCUT2D eigenvalue weighted by molar-refractivity contribution is 5.93. The number of morpholine rings is 1. The third-order valence-corrected chi connectivity index (χ3v) is 3.97. The number of carbonyl (C=O) groups is 1. The number of hydrogen-bond acceptors (Lipinski definition) is 3. The minimum absolute atomic E-state index is 0.172. The average Bonchev–Trinajstić information content (AvgIpc) is 2.38. The van der Waals surface area contributed by atoms with Crippen LogP contribution in [0, 0.1) is 5.92 Å². The molecule has 1 aromatic carbocycles. The van der Waals surface area contributed by atoms with E-state index in [-0.39, 0.29) is 11.8 Å². The lowest BCUT2D eigenvalue weighted by Crippen LogP contribution is -2.36. The Kier molecular flexibility index (Phi) is 3.69. The minimum atomic E-state index is 0.172. The van der Waals surface area contributed by atoms with Gasteiger partial charge in [-0.05, 0) is 31.0 Å². The zero-order valence-corrected chi connectivity index (χ0v) is 11.1. The Hall–Kier alpha value is -1.55. The van der Waals surface area contributed by atoms with Gasteiger partial charge in [-0.3, -0.25) is 4.79 Å². The Balaban J connectivity index is 1.66. The lowest BCUT2D eigenvalue weighted by atomic mass is 9.85. The van der Waals surface area contributed by atoms with Crippen molar-refractivity contribution in [1.82, 2.24) is 0 Å². The van der Waals surface area contributed by atoms with E-state index in [0.29, 0.717) is 0 Å². The van der Waals surface area contributed by atoms with Gasteiger partial charge in [-0.2, -0.15) is 0 Å². The van der Waals surface area contributed by atoms with Crippen LogP contribution in [-0.2, 0) is 9.53 Å². The molecule has 1 heterocycles. The first-order valence-corrected chi connectivity index (χ1v) is 7.06. The molecule has 1 aliphatic heterocycles. The molecule has 0 radical (unpaired) electrons. The first-order valence-electron chi connectivity index (χ1n) is 7.06. The number of hydrogen-bond donors (Lipinski definition) is 1.